The van der Waals surface area contributed by atoms with Crippen LogP contribution in [0.5, 0.6) is 0 Å². The summed E-state index contributed by atoms with van der Waals surface area (Å²) in [7, 11) is 0. The van der Waals surface area contributed by atoms with E-state index in [-0.39, 0.29) is 23.2 Å². The molecule has 2 aromatic rings. The van der Waals surface area contributed by atoms with Gasteiger partial charge in [-0.2, -0.15) is 5.26 Å². The zero-order chi connectivity index (χ0) is 21.2. The van der Waals surface area contributed by atoms with Crippen molar-refractivity contribution in [2.45, 2.75) is 53.6 Å². The first-order valence-corrected chi connectivity index (χ1v) is 10.1. The van der Waals surface area contributed by atoms with Crippen molar-refractivity contribution in [1.82, 2.24) is 0 Å². The molecule has 29 heavy (non-hydrogen) atoms. The minimum Gasteiger partial charge on any atom is -0.391 e. The molecular formula is C25H28N2O2. The highest BCUT2D eigenvalue weighted by molar-refractivity contribution is 6.06. The molecule has 1 unspecified atom stereocenters. The van der Waals surface area contributed by atoms with Gasteiger partial charge in [0.15, 0.2) is 5.78 Å². The number of carbonyl (C=O) groups is 1. The zero-order valence-electron chi connectivity index (χ0n) is 17.8. The van der Waals surface area contributed by atoms with E-state index in [0.29, 0.717) is 24.0 Å². The molecule has 0 N–H and O–H groups in total. The minimum atomic E-state index is -0.0213. The molecule has 1 aliphatic rings. The summed E-state index contributed by atoms with van der Waals surface area (Å²) < 4.78 is 0. The minimum absolute atomic E-state index is 0.00219. The van der Waals surface area contributed by atoms with E-state index in [1.54, 1.807) is 6.07 Å². The van der Waals surface area contributed by atoms with E-state index in [1.807, 2.05) is 50.2 Å². The van der Waals surface area contributed by atoms with Gasteiger partial charge in [0.1, 0.15) is 6.10 Å². The molecule has 0 saturated carbocycles. The lowest BCUT2D eigenvalue weighted by Crippen LogP contribution is -2.26. The third kappa shape index (κ3) is 4.74. The number of rotatable bonds is 5. The van der Waals surface area contributed by atoms with Crippen LogP contribution in [-0.2, 0) is 4.84 Å². The fourth-order valence-electron chi connectivity index (χ4n) is 3.44. The molecule has 1 aliphatic heterocycles. The third-order valence-electron chi connectivity index (χ3n) is 5.18. The molecular weight excluding hydrogens is 360 g/mol. The highest BCUT2D eigenvalue weighted by atomic mass is 16.6. The van der Waals surface area contributed by atoms with Gasteiger partial charge in [-0.25, -0.2) is 0 Å². The number of nitrogens with zero attached hydrogens (tertiary/aromatic N) is 2. The Morgan fingerprint density at radius 2 is 1.90 bits per heavy atom. The standard InChI is InChI=1S/C25H28N2O2/c1-16(2)10-23(28)20-12-18(21-9-7-6-8-17(21)15-26)11-19(13-20)22-14-24(29-27-22)25(3,4)5/h6-9,11-13,16,24H,10,14H2,1-5H3. The van der Waals surface area contributed by atoms with Crippen molar-refractivity contribution in [3.05, 3.63) is 59.2 Å². The Kier molecular flexibility index (Phi) is 5.88. The average molecular weight is 389 g/mol. The molecule has 150 valence electrons. The Hall–Kier alpha value is -2.93. The summed E-state index contributed by atoms with van der Waals surface area (Å²) >= 11 is 0. The second-order valence-corrected chi connectivity index (χ2v) is 9.18. The van der Waals surface area contributed by atoms with E-state index in [2.05, 4.69) is 32.0 Å². The molecule has 0 saturated heterocycles. The fraction of sp³-hybridized carbons (Fsp3) is 0.400. The van der Waals surface area contributed by atoms with Gasteiger partial charge in [-0.05, 0) is 41.3 Å². The van der Waals surface area contributed by atoms with Crippen molar-refractivity contribution in [2.24, 2.45) is 16.5 Å². The number of Topliss-reactive ketones (excluding diaryl/α,β-unsaturated/α-hetero) is 1. The van der Waals surface area contributed by atoms with Crippen LogP contribution in [0.2, 0.25) is 0 Å². The molecule has 0 amide bonds. The molecule has 4 heteroatoms. The predicted molar refractivity (Wildman–Crippen MR) is 116 cm³/mol. The van der Waals surface area contributed by atoms with Crippen LogP contribution in [0, 0.1) is 22.7 Å². The van der Waals surface area contributed by atoms with Gasteiger partial charge in [0.2, 0.25) is 0 Å². The first-order chi connectivity index (χ1) is 13.7. The molecule has 1 atom stereocenters. The Morgan fingerprint density at radius 3 is 2.52 bits per heavy atom. The van der Waals surface area contributed by atoms with E-state index in [0.717, 1.165) is 22.4 Å². The van der Waals surface area contributed by atoms with Gasteiger partial charge in [-0.3, -0.25) is 4.79 Å². The van der Waals surface area contributed by atoms with E-state index in [1.165, 1.54) is 0 Å². The summed E-state index contributed by atoms with van der Waals surface area (Å²) in [5.74, 6) is 0.378. The molecule has 1 heterocycles. The summed E-state index contributed by atoms with van der Waals surface area (Å²) in [5.41, 5.74) is 4.63. The Morgan fingerprint density at radius 1 is 1.21 bits per heavy atom. The van der Waals surface area contributed by atoms with E-state index >= 15 is 0 Å². The number of oxime groups is 1. The maximum absolute atomic E-state index is 12.8. The van der Waals surface area contributed by atoms with Crippen molar-refractivity contribution < 1.29 is 9.63 Å². The Bertz CT molecular complexity index is 991. The number of benzene rings is 2. The average Bonchev–Trinajstić information content (AvgIpc) is 3.18. The Balaban J connectivity index is 2.07. The third-order valence-corrected chi connectivity index (χ3v) is 5.18. The van der Waals surface area contributed by atoms with Crippen LogP contribution in [0.3, 0.4) is 0 Å². The highest BCUT2D eigenvalue weighted by Gasteiger charge is 2.33. The summed E-state index contributed by atoms with van der Waals surface area (Å²) in [6.45, 7) is 10.5. The van der Waals surface area contributed by atoms with Crippen molar-refractivity contribution in [3.8, 4) is 17.2 Å². The molecule has 0 aromatic heterocycles. The number of hydrogen-bond donors (Lipinski definition) is 0. The zero-order valence-corrected chi connectivity index (χ0v) is 17.8. The quantitative estimate of drug-likeness (QED) is 0.591. The second-order valence-electron chi connectivity index (χ2n) is 9.18. The summed E-state index contributed by atoms with van der Waals surface area (Å²) in [6.07, 6.45) is 1.18. The van der Waals surface area contributed by atoms with Gasteiger partial charge < -0.3 is 4.84 Å². The van der Waals surface area contributed by atoms with Gasteiger partial charge in [0.25, 0.3) is 0 Å². The van der Waals surface area contributed by atoms with Crippen molar-refractivity contribution >= 4 is 11.5 Å². The molecule has 3 rings (SSSR count). The Labute approximate surface area is 173 Å². The topological polar surface area (TPSA) is 62.4 Å². The maximum atomic E-state index is 12.8. The summed E-state index contributed by atoms with van der Waals surface area (Å²) in [6, 6.07) is 15.5. The second kappa shape index (κ2) is 8.21. The molecule has 0 aliphatic carbocycles. The first kappa shape index (κ1) is 20.8. The first-order valence-electron chi connectivity index (χ1n) is 10.1. The largest absolute Gasteiger partial charge is 0.391 e. The molecule has 0 spiro atoms. The van der Waals surface area contributed by atoms with Crippen LogP contribution < -0.4 is 0 Å². The van der Waals surface area contributed by atoms with Crippen LogP contribution in [0.15, 0.2) is 47.6 Å². The molecule has 0 fully saturated rings. The maximum Gasteiger partial charge on any atom is 0.163 e. The fourth-order valence-corrected chi connectivity index (χ4v) is 3.44. The van der Waals surface area contributed by atoms with Crippen molar-refractivity contribution in [3.63, 3.8) is 0 Å². The van der Waals surface area contributed by atoms with Crippen LogP contribution >= 0.6 is 0 Å². The summed E-state index contributed by atoms with van der Waals surface area (Å²) in [5, 5.41) is 13.9. The lowest BCUT2D eigenvalue weighted by atomic mass is 9.84. The van der Waals surface area contributed by atoms with E-state index in [9.17, 15) is 10.1 Å². The summed E-state index contributed by atoms with van der Waals surface area (Å²) in [4.78, 5) is 18.5. The van der Waals surface area contributed by atoms with E-state index in [4.69, 9.17) is 4.84 Å². The van der Waals surface area contributed by atoms with Crippen molar-refractivity contribution in [1.29, 1.82) is 5.26 Å². The molecule has 4 nitrogen and oxygen atoms in total. The van der Waals surface area contributed by atoms with Crippen molar-refractivity contribution in [2.75, 3.05) is 0 Å². The lowest BCUT2D eigenvalue weighted by Gasteiger charge is -2.24. The van der Waals surface area contributed by atoms with Crippen LogP contribution in [0.4, 0.5) is 0 Å². The number of ketones is 1. The normalized spacial score (nSPS) is 16.3. The van der Waals surface area contributed by atoms with Gasteiger partial charge in [0, 0.05) is 29.4 Å². The highest BCUT2D eigenvalue weighted by Crippen LogP contribution is 2.33. The number of carbonyl (C=O) groups excluding carboxylic acids is 1. The van der Waals surface area contributed by atoms with Crippen LogP contribution in [0.1, 0.15) is 68.9 Å². The van der Waals surface area contributed by atoms with Gasteiger partial charge in [-0.15, -0.1) is 0 Å². The predicted octanol–water partition coefficient (Wildman–Crippen LogP) is 5.99. The monoisotopic (exact) mass is 388 g/mol. The number of nitriles is 1. The molecule has 2 aromatic carbocycles. The van der Waals surface area contributed by atoms with Crippen LogP contribution in [0.25, 0.3) is 11.1 Å². The van der Waals surface area contributed by atoms with Gasteiger partial charge in [-0.1, -0.05) is 58.0 Å². The van der Waals surface area contributed by atoms with Crippen LogP contribution in [-0.4, -0.2) is 17.6 Å². The smallest absolute Gasteiger partial charge is 0.163 e. The number of hydrogen-bond acceptors (Lipinski definition) is 4. The molecule has 0 bridgehead atoms. The van der Waals surface area contributed by atoms with E-state index < -0.39 is 0 Å². The van der Waals surface area contributed by atoms with Gasteiger partial charge >= 0.3 is 0 Å². The molecule has 0 radical (unpaired) electrons. The lowest BCUT2D eigenvalue weighted by molar-refractivity contribution is 0.00831. The van der Waals surface area contributed by atoms with Gasteiger partial charge in [0.05, 0.1) is 17.3 Å². The SMILES string of the molecule is CC(C)CC(=O)c1cc(C2=NOC(C(C)(C)C)C2)cc(-c2ccccc2C#N)c1.